The van der Waals surface area contributed by atoms with Crippen LogP contribution in [0.1, 0.15) is 13.8 Å². The van der Waals surface area contributed by atoms with Gasteiger partial charge in [0.2, 0.25) is 0 Å². The normalized spacial score (nSPS) is 15.1. The molecule has 0 saturated heterocycles. The van der Waals surface area contributed by atoms with Crippen LogP contribution in [0, 0.1) is 0 Å². The summed E-state index contributed by atoms with van der Waals surface area (Å²) in [7, 11) is 0. The van der Waals surface area contributed by atoms with E-state index >= 15 is 0 Å². The van der Waals surface area contributed by atoms with Crippen LogP contribution in [0.25, 0.3) is 0 Å². The minimum absolute atomic E-state index is 0.0654. The predicted octanol–water partition coefficient (Wildman–Crippen LogP) is -2.07. The zero-order chi connectivity index (χ0) is 12.0. The monoisotopic (exact) mass is 221 g/mol. The molecule has 0 rings (SSSR count). The lowest BCUT2D eigenvalue weighted by molar-refractivity contribution is -0.145. The van der Waals surface area contributed by atoms with Crippen molar-refractivity contribution in [3.05, 3.63) is 0 Å². The molecular formula is C9H19NO5. The van der Waals surface area contributed by atoms with Gasteiger partial charge in [0.05, 0.1) is 19.3 Å². The van der Waals surface area contributed by atoms with Crippen LogP contribution < -0.4 is 0 Å². The molecule has 1 amide bonds. The fourth-order valence-corrected chi connectivity index (χ4v) is 1.11. The lowest BCUT2D eigenvalue weighted by atomic mass is 10.2. The Bertz CT molecular complexity index is 197. The van der Waals surface area contributed by atoms with Gasteiger partial charge in [-0.05, 0) is 13.8 Å². The van der Waals surface area contributed by atoms with Gasteiger partial charge in [-0.25, -0.2) is 0 Å². The number of rotatable bonds is 6. The van der Waals surface area contributed by atoms with Crippen LogP contribution in [0.3, 0.4) is 0 Å². The maximum Gasteiger partial charge on any atom is 0.254 e. The number of aliphatic hydroxyl groups is 4. The lowest BCUT2D eigenvalue weighted by Gasteiger charge is -2.29. The van der Waals surface area contributed by atoms with E-state index in [2.05, 4.69) is 0 Å². The highest BCUT2D eigenvalue weighted by molar-refractivity contribution is 5.81. The Morgan fingerprint density at radius 3 is 2.07 bits per heavy atom. The van der Waals surface area contributed by atoms with E-state index in [-0.39, 0.29) is 12.6 Å². The summed E-state index contributed by atoms with van der Waals surface area (Å²) in [6.45, 7) is 2.26. The topological polar surface area (TPSA) is 101 Å². The molecule has 0 aromatic carbocycles. The van der Waals surface area contributed by atoms with E-state index in [4.69, 9.17) is 15.3 Å². The molecule has 0 aromatic heterocycles. The minimum Gasteiger partial charge on any atom is -0.394 e. The summed E-state index contributed by atoms with van der Waals surface area (Å²) in [6, 6.07) is -0.222. The summed E-state index contributed by atoms with van der Waals surface area (Å²) < 4.78 is 0. The number of carbonyl (C=O) groups is 1. The van der Waals surface area contributed by atoms with Crippen molar-refractivity contribution in [2.45, 2.75) is 32.1 Å². The van der Waals surface area contributed by atoms with Gasteiger partial charge in [-0.2, -0.15) is 0 Å². The third kappa shape index (κ3) is 4.57. The zero-order valence-corrected chi connectivity index (χ0v) is 9.00. The molecule has 6 heteroatoms. The Morgan fingerprint density at radius 1 is 1.20 bits per heavy atom. The van der Waals surface area contributed by atoms with Crippen molar-refractivity contribution < 1.29 is 25.2 Å². The molecule has 0 aliphatic rings. The number of amides is 1. The summed E-state index contributed by atoms with van der Waals surface area (Å²) in [5.74, 6) is -0.653. The average Bonchev–Trinajstić information content (AvgIpc) is 2.22. The average molecular weight is 221 g/mol. The SMILES string of the molecule is CC(C)N(CC(O)CO)C(=O)C(O)CO. The van der Waals surface area contributed by atoms with Gasteiger partial charge in [0.1, 0.15) is 0 Å². The van der Waals surface area contributed by atoms with Crippen LogP contribution in [0.4, 0.5) is 0 Å². The molecule has 6 nitrogen and oxygen atoms in total. The molecule has 15 heavy (non-hydrogen) atoms. The summed E-state index contributed by atoms with van der Waals surface area (Å²) in [5.41, 5.74) is 0. The quantitative estimate of drug-likeness (QED) is 0.413. The molecule has 0 aromatic rings. The Hall–Kier alpha value is -0.690. The molecule has 0 aliphatic heterocycles. The lowest BCUT2D eigenvalue weighted by Crippen LogP contribution is -2.48. The fourth-order valence-electron chi connectivity index (χ4n) is 1.11. The number of nitrogens with zero attached hydrogens (tertiary/aromatic N) is 1. The molecule has 0 saturated carbocycles. The third-order valence-corrected chi connectivity index (χ3v) is 1.98. The zero-order valence-electron chi connectivity index (χ0n) is 9.00. The van der Waals surface area contributed by atoms with E-state index in [0.29, 0.717) is 0 Å². The van der Waals surface area contributed by atoms with E-state index in [1.54, 1.807) is 13.8 Å². The fraction of sp³-hybridized carbons (Fsp3) is 0.889. The highest BCUT2D eigenvalue weighted by Crippen LogP contribution is 2.03. The van der Waals surface area contributed by atoms with Gasteiger partial charge < -0.3 is 25.3 Å². The molecule has 90 valence electrons. The highest BCUT2D eigenvalue weighted by atomic mass is 16.3. The number of hydrogen-bond acceptors (Lipinski definition) is 5. The summed E-state index contributed by atoms with van der Waals surface area (Å²) >= 11 is 0. The van der Waals surface area contributed by atoms with Crippen molar-refractivity contribution in [2.75, 3.05) is 19.8 Å². The van der Waals surface area contributed by atoms with Crippen molar-refractivity contribution in [1.29, 1.82) is 0 Å². The first-order valence-corrected chi connectivity index (χ1v) is 4.82. The van der Waals surface area contributed by atoms with Crippen LogP contribution in [-0.4, -0.2) is 69.2 Å². The second kappa shape index (κ2) is 6.73. The molecule has 0 heterocycles. The van der Waals surface area contributed by atoms with Crippen molar-refractivity contribution >= 4 is 5.91 Å². The second-order valence-electron chi connectivity index (χ2n) is 3.62. The smallest absolute Gasteiger partial charge is 0.254 e. The van der Waals surface area contributed by atoms with Gasteiger partial charge in [0.25, 0.3) is 5.91 Å². The number of carbonyl (C=O) groups excluding carboxylic acids is 1. The minimum atomic E-state index is -1.47. The molecule has 2 unspecified atom stereocenters. The molecule has 0 radical (unpaired) electrons. The van der Waals surface area contributed by atoms with Crippen LogP contribution in [-0.2, 0) is 4.79 Å². The summed E-state index contributed by atoms with van der Waals surface area (Å²) in [4.78, 5) is 12.7. The maximum atomic E-state index is 11.5. The van der Waals surface area contributed by atoms with Gasteiger partial charge in [-0.15, -0.1) is 0 Å². The predicted molar refractivity (Wildman–Crippen MR) is 53.0 cm³/mol. The molecule has 0 fully saturated rings. The van der Waals surface area contributed by atoms with Gasteiger partial charge >= 0.3 is 0 Å². The maximum absolute atomic E-state index is 11.5. The molecule has 0 spiro atoms. The van der Waals surface area contributed by atoms with Crippen molar-refractivity contribution in [3.8, 4) is 0 Å². The standard InChI is InChI=1S/C9H19NO5/c1-6(2)10(3-7(13)4-11)9(15)8(14)5-12/h6-8,11-14H,3-5H2,1-2H3. The molecule has 4 N–H and O–H groups in total. The first kappa shape index (κ1) is 14.3. The molecule has 0 aliphatic carbocycles. The third-order valence-electron chi connectivity index (χ3n) is 1.98. The Labute approximate surface area is 88.8 Å². The Balaban J connectivity index is 4.45. The van der Waals surface area contributed by atoms with Crippen molar-refractivity contribution in [3.63, 3.8) is 0 Å². The van der Waals surface area contributed by atoms with Crippen LogP contribution >= 0.6 is 0 Å². The first-order chi connectivity index (χ1) is 6.93. The number of hydrogen-bond donors (Lipinski definition) is 4. The van der Waals surface area contributed by atoms with Gasteiger partial charge in [0.15, 0.2) is 6.10 Å². The van der Waals surface area contributed by atoms with Crippen LogP contribution in [0.2, 0.25) is 0 Å². The number of aliphatic hydroxyl groups excluding tert-OH is 4. The van der Waals surface area contributed by atoms with E-state index in [0.717, 1.165) is 0 Å². The first-order valence-electron chi connectivity index (χ1n) is 4.82. The molecule has 0 bridgehead atoms. The van der Waals surface area contributed by atoms with E-state index < -0.39 is 31.3 Å². The summed E-state index contributed by atoms with van der Waals surface area (Å²) in [6.07, 6.45) is -2.51. The van der Waals surface area contributed by atoms with Crippen molar-refractivity contribution in [2.24, 2.45) is 0 Å². The van der Waals surface area contributed by atoms with E-state index in [1.165, 1.54) is 4.90 Å². The van der Waals surface area contributed by atoms with Crippen LogP contribution in [0.5, 0.6) is 0 Å². The Morgan fingerprint density at radius 2 is 1.73 bits per heavy atom. The van der Waals surface area contributed by atoms with E-state index in [1.807, 2.05) is 0 Å². The second-order valence-corrected chi connectivity index (χ2v) is 3.62. The van der Waals surface area contributed by atoms with Gasteiger partial charge in [0, 0.05) is 12.6 Å². The van der Waals surface area contributed by atoms with E-state index in [9.17, 15) is 9.90 Å². The molecule has 2 atom stereocenters. The van der Waals surface area contributed by atoms with Gasteiger partial charge in [-0.3, -0.25) is 4.79 Å². The highest BCUT2D eigenvalue weighted by Gasteiger charge is 2.25. The largest absolute Gasteiger partial charge is 0.394 e. The van der Waals surface area contributed by atoms with Gasteiger partial charge in [-0.1, -0.05) is 0 Å². The Kier molecular flexibility index (Phi) is 6.42. The van der Waals surface area contributed by atoms with Crippen molar-refractivity contribution in [1.82, 2.24) is 4.90 Å². The molecular weight excluding hydrogens is 202 g/mol. The summed E-state index contributed by atoms with van der Waals surface area (Å²) in [5, 5.41) is 35.6. The van der Waals surface area contributed by atoms with Crippen LogP contribution in [0.15, 0.2) is 0 Å².